The van der Waals surface area contributed by atoms with Crippen molar-refractivity contribution in [2.45, 2.75) is 25.0 Å². The highest BCUT2D eigenvalue weighted by atomic mass is 79.9. The Hall–Kier alpha value is -4.04. The molecule has 1 aliphatic carbocycles. The molecule has 0 aliphatic heterocycles. The van der Waals surface area contributed by atoms with Crippen molar-refractivity contribution in [2.24, 2.45) is 0 Å². The minimum Gasteiger partial charge on any atom is -0.484 e. The Morgan fingerprint density at radius 1 is 0.892 bits per heavy atom. The van der Waals surface area contributed by atoms with Gasteiger partial charge in [-0.05, 0) is 62.4 Å². The van der Waals surface area contributed by atoms with E-state index < -0.39 is 18.1 Å². The Morgan fingerprint density at radius 3 is 2.19 bits per heavy atom. The molecule has 37 heavy (non-hydrogen) atoms. The SMILES string of the molecule is O=C(NC(Cc1ccc(COc2ccccc2Br)o1)C(=O)O)OCC1c2ccccc2-c2ccccc21. The number of hydrogen-bond acceptors (Lipinski definition) is 5. The van der Waals surface area contributed by atoms with Gasteiger partial charge in [-0.25, -0.2) is 9.59 Å². The fourth-order valence-corrected chi connectivity index (χ4v) is 4.90. The summed E-state index contributed by atoms with van der Waals surface area (Å²) in [4.78, 5) is 24.4. The summed E-state index contributed by atoms with van der Waals surface area (Å²) in [5, 5.41) is 12.1. The molecular formula is C29H24BrNO6. The van der Waals surface area contributed by atoms with E-state index in [0.29, 0.717) is 17.3 Å². The van der Waals surface area contributed by atoms with Crippen LogP contribution in [-0.4, -0.2) is 29.8 Å². The van der Waals surface area contributed by atoms with Gasteiger partial charge in [-0.2, -0.15) is 0 Å². The molecule has 4 aromatic rings. The van der Waals surface area contributed by atoms with E-state index in [9.17, 15) is 14.7 Å². The van der Waals surface area contributed by atoms with E-state index in [0.717, 1.165) is 26.7 Å². The van der Waals surface area contributed by atoms with Gasteiger partial charge >= 0.3 is 12.1 Å². The van der Waals surface area contributed by atoms with Crippen LogP contribution in [0.2, 0.25) is 0 Å². The summed E-state index contributed by atoms with van der Waals surface area (Å²) in [5.74, 6) is 0.323. The highest BCUT2D eigenvalue weighted by molar-refractivity contribution is 9.10. The maximum Gasteiger partial charge on any atom is 0.407 e. The van der Waals surface area contributed by atoms with E-state index >= 15 is 0 Å². The smallest absolute Gasteiger partial charge is 0.407 e. The van der Waals surface area contributed by atoms with Gasteiger partial charge in [0.1, 0.15) is 36.5 Å². The molecule has 0 saturated carbocycles. The van der Waals surface area contributed by atoms with Gasteiger partial charge in [-0.15, -0.1) is 0 Å². The molecule has 7 nitrogen and oxygen atoms in total. The zero-order valence-corrected chi connectivity index (χ0v) is 21.3. The number of carbonyl (C=O) groups is 2. The van der Waals surface area contributed by atoms with Crippen molar-refractivity contribution in [3.8, 4) is 16.9 Å². The molecule has 0 bridgehead atoms. The van der Waals surface area contributed by atoms with Gasteiger partial charge in [0.25, 0.3) is 0 Å². The number of alkyl carbamates (subject to hydrolysis) is 1. The second-order valence-corrected chi connectivity index (χ2v) is 9.51. The number of halogens is 1. The zero-order chi connectivity index (χ0) is 25.8. The number of aliphatic carboxylic acids is 1. The van der Waals surface area contributed by atoms with E-state index in [-0.39, 0.29) is 25.6 Å². The summed E-state index contributed by atoms with van der Waals surface area (Å²) in [6.07, 6.45) is -0.826. The number of carboxylic acids is 1. The zero-order valence-electron chi connectivity index (χ0n) is 19.7. The Morgan fingerprint density at radius 2 is 1.51 bits per heavy atom. The fraction of sp³-hybridized carbons (Fsp3) is 0.172. The second-order valence-electron chi connectivity index (χ2n) is 8.65. The highest BCUT2D eigenvalue weighted by Gasteiger charge is 2.30. The van der Waals surface area contributed by atoms with Gasteiger partial charge in [0.15, 0.2) is 0 Å². The summed E-state index contributed by atoms with van der Waals surface area (Å²) in [6.45, 7) is 0.281. The number of carboxylic acid groups (broad SMARTS) is 1. The first-order chi connectivity index (χ1) is 18.0. The standard InChI is InChI=1S/C29H24BrNO6/c30-25-11-5-6-12-27(25)35-16-19-14-13-18(37-19)15-26(28(32)33)31-29(34)36-17-24-22-9-3-1-7-20(22)21-8-2-4-10-23(21)24/h1-14,24,26H,15-17H2,(H,31,34)(H,32,33). The van der Waals surface area contributed by atoms with Gasteiger partial charge in [0, 0.05) is 12.3 Å². The molecule has 1 atom stereocenters. The van der Waals surface area contributed by atoms with E-state index in [1.807, 2.05) is 60.7 Å². The normalized spacial score (nSPS) is 12.9. The molecule has 5 rings (SSSR count). The monoisotopic (exact) mass is 561 g/mol. The van der Waals surface area contributed by atoms with E-state index in [1.54, 1.807) is 12.1 Å². The van der Waals surface area contributed by atoms with Gasteiger partial charge in [-0.1, -0.05) is 60.7 Å². The average molecular weight is 562 g/mol. The number of hydrogen-bond donors (Lipinski definition) is 2. The first-order valence-electron chi connectivity index (χ1n) is 11.8. The van der Waals surface area contributed by atoms with Crippen LogP contribution < -0.4 is 10.1 Å². The summed E-state index contributed by atoms with van der Waals surface area (Å²) < 4.78 is 17.8. The predicted molar refractivity (Wildman–Crippen MR) is 141 cm³/mol. The molecule has 0 spiro atoms. The quantitative estimate of drug-likeness (QED) is 0.254. The third-order valence-corrected chi connectivity index (χ3v) is 6.92. The van der Waals surface area contributed by atoms with Gasteiger partial charge in [0.05, 0.1) is 4.47 Å². The van der Waals surface area contributed by atoms with Crippen molar-refractivity contribution in [3.63, 3.8) is 0 Å². The molecule has 3 aromatic carbocycles. The first kappa shape index (κ1) is 24.6. The van der Waals surface area contributed by atoms with Crippen molar-refractivity contribution in [1.29, 1.82) is 0 Å². The Bertz CT molecular complexity index is 1390. The number of fused-ring (bicyclic) bond motifs is 3. The summed E-state index contributed by atoms with van der Waals surface area (Å²) in [7, 11) is 0. The largest absolute Gasteiger partial charge is 0.484 e. The molecule has 188 valence electrons. The number of furan rings is 1. The van der Waals surface area contributed by atoms with Crippen LogP contribution in [0, 0.1) is 0 Å². The lowest BCUT2D eigenvalue weighted by Crippen LogP contribution is -2.42. The number of para-hydroxylation sites is 1. The van der Waals surface area contributed by atoms with Crippen molar-refractivity contribution in [2.75, 3.05) is 6.61 Å². The molecule has 1 unspecified atom stereocenters. The molecule has 2 N–H and O–H groups in total. The third-order valence-electron chi connectivity index (χ3n) is 6.26. The van der Waals surface area contributed by atoms with Gasteiger partial charge in [0.2, 0.25) is 0 Å². The summed E-state index contributed by atoms with van der Waals surface area (Å²) in [5.41, 5.74) is 4.40. The Balaban J connectivity index is 1.18. The maximum absolute atomic E-state index is 12.6. The molecule has 0 radical (unpaired) electrons. The molecular weight excluding hydrogens is 538 g/mol. The lowest BCUT2D eigenvalue weighted by Gasteiger charge is -2.17. The topological polar surface area (TPSA) is 98.0 Å². The molecule has 1 aliphatic rings. The van der Waals surface area contributed by atoms with Crippen LogP contribution in [0.15, 0.2) is 93.8 Å². The molecule has 8 heteroatoms. The minimum atomic E-state index is -1.21. The summed E-state index contributed by atoms with van der Waals surface area (Å²) >= 11 is 3.42. The maximum atomic E-state index is 12.6. The van der Waals surface area contributed by atoms with Gasteiger partial charge < -0.3 is 24.3 Å². The van der Waals surface area contributed by atoms with E-state index in [4.69, 9.17) is 13.9 Å². The highest BCUT2D eigenvalue weighted by Crippen LogP contribution is 2.44. The van der Waals surface area contributed by atoms with Crippen molar-refractivity contribution in [1.82, 2.24) is 5.32 Å². The average Bonchev–Trinajstić information content (AvgIpc) is 3.48. The lowest BCUT2D eigenvalue weighted by atomic mass is 9.98. The van der Waals surface area contributed by atoms with Crippen LogP contribution >= 0.6 is 15.9 Å². The van der Waals surface area contributed by atoms with Crippen LogP contribution in [0.1, 0.15) is 28.6 Å². The second kappa shape index (κ2) is 10.9. The predicted octanol–water partition coefficient (Wildman–Crippen LogP) is 6.16. The van der Waals surface area contributed by atoms with E-state index in [1.165, 1.54) is 0 Å². The van der Waals surface area contributed by atoms with Crippen molar-refractivity contribution < 1.29 is 28.6 Å². The van der Waals surface area contributed by atoms with Crippen molar-refractivity contribution in [3.05, 3.63) is 112 Å². The Kier molecular flexibility index (Phi) is 7.28. The number of nitrogens with one attached hydrogen (secondary N) is 1. The van der Waals surface area contributed by atoms with Crippen LogP contribution in [-0.2, 0) is 22.6 Å². The molecule has 0 saturated heterocycles. The van der Waals surface area contributed by atoms with Crippen LogP contribution in [0.4, 0.5) is 4.79 Å². The number of amides is 1. The fourth-order valence-electron chi connectivity index (χ4n) is 4.50. The summed E-state index contributed by atoms with van der Waals surface area (Å²) in [6, 6.07) is 25.7. The molecule has 1 aromatic heterocycles. The van der Waals surface area contributed by atoms with E-state index in [2.05, 4.69) is 33.4 Å². The molecule has 0 fully saturated rings. The lowest BCUT2D eigenvalue weighted by molar-refractivity contribution is -0.139. The Labute approximate surface area is 222 Å². The minimum absolute atomic E-state index is 0.0332. The van der Waals surface area contributed by atoms with Crippen molar-refractivity contribution >= 4 is 28.0 Å². The van der Waals surface area contributed by atoms with Crippen LogP contribution in [0.25, 0.3) is 11.1 Å². The number of benzene rings is 3. The van der Waals surface area contributed by atoms with Crippen LogP contribution in [0.3, 0.4) is 0 Å². The van der Waals surface area contributed by atoms with Crippen LogP contribution in [0.5, 0.6) is 5.75 Å². The van der Waals surface area contributed by atoms with Gasteiger partial charge in [-0.3, -0.25) is 0 Å². The molecule has 1 amide bonds. The third kappa shape index (κ3) is 5.54. The number of carbonyl (C=O) groups excluding carboxylic acids is 1. The number of ether oxygens (including phenoxy) is 2. The number of rotatable bonds is 9. The first-order valence-corrected chi connectivity index (χ1v) is 12.6. The molecule has 1 heterocycles.